The molecule has 1 saturated carbocycles. The zero-order valence-electron chi connectivity index (χ0n) is 15.6. The number of anilines is 1. The lowest BCUT2D eigenvalue weighted by Gasteiger charge is -2.20. The molecule has 1 aliphatic heterocycles. The molecule has 2 fully saturated rings. The lowest BCUT2D eigenvalue weighted by atomic mass is 9.98. The molecular weight excluding hydrogens is 354 g/mol. The van der Waals surface area contributed by atoms with Crippen molar-refractivity contribution in [2.24, 2.45) is 0 Å². The Morgan fingerprint density at radius 1 is 1.00 bits per heavy atom. The predicted octanol–water partition coefficient (Wildman–Crippen LogP) is 3.55. The first-order valence-corrected chi connectivity index (χ1v) is 9.67. The van der Waals surface area contributed by atoms with Gasteiger partial charge in [-0.3, -0.25) is 14.5 Å². The van der Waals surface area contributed by atoms with Crippen LogP contribution in [0.1, 0.15) is 32.1 Å². The molecular formula is C22H23N3O3. The first-order valence-electron chi connectivity index (χ1n) is 9.67. The average molecular weight is 377 g/mol. The molecule has 1 aliphatic carbocycles. The highest BCUT2D eigenvalue weighted by Crippen LogP contribution is 2.35. The Morgan fingerprint density at radius 3 is 2.43 bits per heavy atom. The summed E-state index contributed by atoms with van der Waals surface area (Å²) in [6.45, 7) is 0.0890. The summed E-state index contributed by atoms with van der Waals surface area (Å²) < 4.78 is 0. The molecule has 2 aliphatic rings. The van der Waals surface area contributed by atoms with Crippen LogP contribution in [-0.4, -0.2) is 34.8 Å². The van der Waals surface area contributed by atoms with E-state index in [4.69, 9.17) is 0 Å². The van der Waals surface area contributed by atoms with E-state index in [0.717, 1.165) is 24.0 Å². The van der Waals surface area contributed by atoms with E-state index in [1.165, 1.54) is 4.90 Å². The molecule has 4 amide bonds. The van der Waals surface area contributed by atoms with Crippen LogP contribution in [0, 0.1) is 0 Å². The van der Waals surface area contributed by atoms with Gasteiger partial charge in [-0.2, -0.15) is 0 Å². The number of urea groups is 1. The first kappa shape index (κ1) is 18.2. The molecule has 0 bridgehead atoms. The van der Waals surface area contributed by atoms with E-state index < -0.39 is 5.54 Å². The number of imide groups is 1. The van der Waals surface area contributed by atoms with Crippen molar-refractivity contribution in [2.45, 2.75) is 37.6 Å². The van der Waals surface area contributed by atoms with E-state index in [9.17, 15) is 14.4 Å². The van der Waals surface area contributed by atoms with Crippen molar-refractivity contribution in [2.75, 3.05) is 11.9 Å². The molecule has 6 nitrogen and oxygen atoms in total. The van der Waals surface area contributed by atoms with Crippen molar-refractivity contribution in [3.63, 3.8) is 0 Å². The maximum Gasteiger partial charge on any atom is 0.325 e. The Morgan fingerprint density at radius 2 is 1.68 bits per heavy atom. The van der Waals surface area contributed by atoms with Gasteiger partial charge in [0.05, 0.1) is 0 Å². The zero-order chi connectivity index (χ0) is 19.6. The minimum atomic E-state index is -0.729. The van der Waals surface area contributed by atoms with Crippen LogP contribution in [0.2, 0.25) is 0 Å². The Kier molecular flexibility index (Phi) is 4.86. The van der Waals surface area contributed by atoms with E-state index in [2.05, 4.69) is 10.6 Å². The zero-order valence-corrected chi connectivity index (χ0v) is 15.6. The van der Waals surface area contributed by atoms with E-state index in [-0.39, 0.29) is 30.8 Å². The van der Waals surface area contributed by atoms with Crippen LogP contribution in [0.25, 0.3) is 11.1 Å². The van der Waals surface area contributed by atoms with Crippen LogP contribution in [0.3, 0.4) is 0 Å². The summed E-state index contributed by atoms with van der Waals surface area (Å²) >= 11 is 0. The quantitative estimate of drug-likeness (QED) is 0.782. The summed E-state index contributed by atoms with van der Waals surface area (Å²) in [5.74, 6) is -0.413. The molecule has 0 unspecified atom stereocenters. The van der Waals surface area contributed by atoms with E-state index >= 15 is 0 Å². The summed E-state index contributed by atoms with van der Waals surface area (Å²) in [6.07, 6.45) is 3.32. The molecule has 1 saturated heterocycles. The van der Waals surface area contributed by atoms with Crippen LogP contribution < -0.4 is 10.6 Å². The van der Waals surface area contributed by atoms with Crippen molar-refractivity contribution in [1.29, 1.82) is 0 Å². The minimum Gasteiger partial charge on any atom is -0.325 e. The molecule has 0 radical (unpaired) electrons. The monoisotopic (exact) mass is 377 g/mol. The van der Waals surface area contributed by atoms with Gasteiger partial charge in [0.25, 0.3) is 5.91 Å². The number of hydrogen-bond acceptors (Lipinski definition) is 3. The third-order valence-electron chi connectivity index (χ3n) is 5.55. The van der Waals surface area contributed by atoms with Gasteiger partial charge in [0.2, 0.25) is 5.91 Å². The number of benzene rings is 2. The first-order chi connectivity index (χ1) is 13.6. The van der Waals surface area contributed by atoms with Crippen molar-refractivity contribution in [3.8, 4) is 11.1 Å². The highest BCUT2D eigenvalue weighted by atomic mass is 16.2. The molecule has 1 heterocycles. The molecule has 144 valence electrons. The number of nitrogens with one attached hydrogen (secondary N) is 2. The van der Waals surface area contributed by atoms with Crippen molar-refractivity contribution < 1.29 is 14.4 Å². The fourth-order valence-electron chi connectivity index (χ4n) is 4.08. The van der Waals surface area contributed by atoms with Gasteiger partial charge < -0.3 is 10.6 Å². The number of carbonyl (C=O) groups excluding carboxylic acids is 3. The highest BCUT2D eigenvalue weighted by molar-refractivity contribution is 6.07. The summed E-state index contributed by atoms with van der Waals surface area (Å²) in [4.78, 5) is 38.6. The Hall–Kier alpha value is -3.15. The molecule has 6 heteroatoms. The van der Waals surface area contributed by atoms with Crippen molar-refractivity contribution >= 4 is 23.5 Å². The molecule has 1 spiro atoms. The third-order valence-corrected chi connectivity index (χ3v) is 5.55. The van der Waals surface area contributed by atoms with Gasteiger partial charge in [0.15, 0.2) is 0 Å². The number of para-hydroxylation sites is 1. The number of nitrogens with zero attached hydrogens (tertiary/aromatic N) is 1. The van der Waals surface area contributed by atoms with E-state index in [1.807, 2.05) is 54.6 Å². The fourth-order valence-corrected chi connectivity index (χ4v) is 4.08. The number of carbonyl (C=O) groups is 3. The minimum absolute atomic E-state index is 0.0678. The van der Waals surface area contributed by atoms with Gasteiger partial charge in [-0.1, -0.05) is 61.4 Å². The van der Waals surface area contributed by atoms with Crippen LogP contribution >= 0.6 is 0 Å². The normalized spacial score (nSPS) is 17.8. The van der Waals surface area contributed by atoms with Gasteiger partial charge in [0, 0.05) is 24.2 Å². The number of hydrogen-bond donors (Lipinski definition) is 2. The van der Waals surface area contributed by atoms with Crippen LogP contribution in [-0.2, 0) is 9.59 Å². The van der Waals surface area contributed by atoms with Gasteiger partial charge in [-0.15, -0.1) is 0 Å². The van der Waals surface area contributed by atoms with Crippen molar-refractivity contribution in [1.82, 2.24) is 10.2 Å². The van der Waals surface area contributed by atoms with Gasteiger partial charge in [-0.25, -0.2) is 4.79 Å². The number of rotatable bonds is 5. The SMILES string of the molecule is O=C(CCN1C(=O)NC2(CCCC2)C1=O)Nc1ccccc1-c1ccccc1. The number of amides is 4. The Labute approximate surface area is 163 Å². The van der Waals surface area contributed by atoms with Gasteiger partial charge >= 0.3 is 6.03 Å². The predicted molar refractivity (Wildman–Crippen MR) is 107 cm³/mol. The third kappa shape index (κ3) is 3.38. The molecule has 4 rings (SSSR count). The summed E-state index contributed by atoms with van der Waals surface area (Å²) in [5.41, 5.74) is 1.92. The second kappa shape index (κ2) is 7.46. The fraction of sp³-hybridized carbons (Fsp3) is 0.318. The second-order valence-corrected chi connectivity index (χ2v) is 7.39. The summed E-state index contributed by atoms with van der Waals surface area (Å²) in [6, 6.07) is 17.0. The molecule has 0 atom stereocenters. The smallest absolute Gasteiger partial charge is 0.325 e. The lowest BCUT2D eigenvalue weighted by Crippen LogP contribution is -2.44. The summed E-state index contributed by atoms with van der Waals surface area (Å²) in [5, 5.41) is 5.75. The highest BCUT2D eigenvalue weighted by Gasteiger charge is 2.52. The lowest BCUT2D eigenvalue weighted by molar-refractivity contribution is -0.131. The Bertz CT molecular complexity index is 904. The molecule has 2 aromatic rings. The topological polar surface area (TPSA) is 78.5 Å². The van der Waals surface area contributed by atoms with E-state index in [0.29, 0.717) is 18.5 Å². The average Bonchev–Trinajstić information content (AvgIpc) is 3.27. The largest absolute Gasteiger partial charge is 0.325 e. The Balaban J connectivity index is 1.41. The van der Waals surface area contributed by atoms with Gasteiger partial charge in [-0.05, 0) is 24.5 Å². The van der Waals surface area contributed by atoms with Crippen LogP contribution in [0.5, 0.6) is 0 Å². The molecule has 2 N–H and O–H groups in total. The van der Waals surface area contributed by atoms with Crippen LogP contribution in [0.4, 0.5) is 10.5 Å². The maximum atomic E-state index is 12.7. The summed E-state index contributed by atoms with van der Waals surface area (Å²) in [7, 11) is 0. The van der Waals surface area contributed by atoms with E-state index in [1.54, 1.807) is 0 Å². The van der Waals surface area contributed by atoms with Crippen molar-refractivity contribution in [3.05, 3.63) is 54.6 Å². The van der Waals surface area contributed by atoms with Crippen LogP contribution in [0.15, 0.2) is 54.6 Å². The van der Waals surface area contributed by atoms with Gasteiger partial charge in [0.1, 0.15) is 5.54 Å². The molecule has 0 aromatic heterocycles. The standard InChI is InChI=1S/C22H23N3O3/c26-19(12-15-25-20(27)22(24-21(25)28)13-6-7-14-22)23-18-11-5-4-10-17(18)16-8-2-1-3-9-16/h1-5,8-11H,6-7,12-15H2,(H,23,26)(H,24,28). The second-order valence-electron chi connectivity index (χ2n) is 7.39. The molecule has 2 aromatic carbocycles. The maximum absolute atomic E-state index is 12.7. The molecule has 28 heavy (non-hydrogen) atoms.